The monoisotopic (exact) mass is 475 g/mol. The van der Waals surface area contributed by atoms with Gasteiger partial charge in [0.1, 0.15) is 5.82 Å². The molecule has 1 N–H and O–H groups in total. The number of rotatable bonds is 5. The van der Waals surface area contributed by atoms with Crippen molar-refractivity contribution in [2.45, 2.75) is 4.90 Å². The number of halogens is 3. The molecular weight excluding hydrogens is 455 g/mol. The van der Waals surface area contributed by atoms with Gasteiger partial charge in [0.2, 0.25) is 10.0 Å². The molecule has 172 valence electrons. The fraction of sp³-hybridized carbons (Fsp3) is 0.174. The highest BCUT2D eigenvalue weighted by Crippen LogP contribution is 2.23. The lowest BCUT2D eigenvalue weighted by molar-refractivity contribution is 0.102. The van der Waals surface area contributed by atoms with E-state index in [1.165, 1.54) is 4.31 Å². The second kappa shape index (κ2) is 9.24. The number of sulfonamides is 1. The standard InChI is InChI=1S/C23H20F3N3O3S/c24-20-9-7-18(15-19(20)23(30)27-16-6-8-21(25)22(26)14-16)33(31,32)29-12-10-28(11-13-29)17-4-2-1-3-5-17/h1-9,14-15H,10-13H2,(H,27,30). The third kappa shape index (κ3) is 4.86. The number of nitrogens with zero attached hydrogens (tertiary/aromatic N) is 2. The van der Waals surface area contributed by atoms with E-state index < -0.39 is 38.9 Å². The molecule has 0 atom stereocenters. The number of anilines is 2. The molecule has 10 heteroatoms. The van der Waals surface area contributed by atoms with Gasteiger partial charge in [-0.25, -0.2) is 21.6 Å². The first-order valence-electron chi connectivity index (χ1n) is 10.1. The molecule has 0 unspecified atom stereocenters. The summed E-state index contributed by atoms with van der Waals surface area (Å²) in [5, 5.41) is 2.25. The van der Waals surface area contributed by atoms with Gasteiger partial charge < -0.3 is 10.2 Å². The molecule has 0 radical (unpaired) electrons. The van der Waals surface area contributed by atoms with Crippen molar-refractivity contribution in [2.24, 2.45) is 0 Å². The second-order valence-corrected chi connectivity index (χ2v) is 9.39. The molecule has 3 aromatic carbocycles. The number of nitrogens with one attached hydrogen (secondary N) is 1. The molecule has 1 fully saturated rings. The minimum absolute atomic E-state index is 0.0939. The van der Waals surface area contributed by atoms with Gasteiger partial charge in [-0.05, 0) is 42.5 Å². The van der Waals surface area contributed by atoms with Crippen LogP contribution < -0.4 is 10.2 Å². The van der Waals surface area contributed by atoms with E-state index in [9.17, 15) is 26.4 Å². The Morgan fingerprint density at radius 1 is 0.788 bits per heavy atom. The number of amides is 1. The van der Waals surface area contributed by atoms with Crippen LogP contribution in [0.5, 0.6) is 0 Å². The third-order valence-corrected chi connectivity index (χ3v) is 7.25. The molecule has 0 bridgehead atoms. The Hall–Kier alpha value is -3.37. The normalized spacial score (nSPS) is 14.8. The fourth-order valence-corrected chi connectivity index (χ4v) is 5.03. The van der Waals surface area contributed by atoms with Gasteiger partial charge in [-0.15, -0.1) is 0 Å². The van der Waals surface area contributed by atoms with Gasteiger partial charge in [-0.3, -0.25) is 4.79 Å². The number of benzene rings is 3. The van der Waals surface area contributed by atoms with E-state index in [-0.39, 0.29) is 23.7 Å². The summed E-state index contributed by atoms with van der Waals surface area (Å²) in [5.41, 5.74) is 0.375. The lowest BCUT2D eigenvalue weighted by atomic mass is 10.2. The molecule has 3 aromatic rings. The highest BCUT2D eigenvalue weighted by Gasteiger charge is 2.30. The maximum atomic E-state index is 14.3. The molecule has 0 spiro atoms. The molecule has 0 saturated carbocycles. The van der Waals surface area contributed by atoms with Crippen LogP contribution in [0.2, 0.25) is 0 Å². The van der Waals surface area contributed by atoms with Crippen LogP contribution in [0.15, 0.2) is 71.6 Å². The quantitative estimate of drug-likeness (QED) is 0.609. The first-order valence-corrected chi connectivity index (χ1v) is 11.6. The van der Waals surface area contributed by atoms with E-state index >= 15 is 0 Å². The largest absolute Gasteiger partial charge is 0.369 e. The maximum absolute atomic E-state index is 14.3. The molecule has 6 nitrogen and oxygen atoms in total. The summed E-state index contributed by atoms with van der Waals surface area (Å²) in [4.78, 5) is 14.3. The predicted molar refractivity (Wildman–Crippen MR) is 118 cm³/mol. The van der Waals surface area contributed by atoms with Gasteiger partial charge in [0.05, 0.1) is 10.5 Å². The van der Waals surface area contributed by atoms with Crippen molar-refractivity contribution in [1.29, 1.82) is 0 Å². The summed E-state index contributed by atoms with van der Waals surface area (Å²) >= 11 is 0. The van der Waals surface area contributed by atoms with Crippen molar-refractivity contribution < 1.29 is 26.4 Å². The zero-order valence-corrected chi connectivity index (χ0v) is 18.2. The number of carbonyl (C=O) groups excluding carboxylic acids is 1. The molecule has 1 amide bonds. The van der Waals surface area contributed by atoms with Crippen LogP contribution in [0.3, 0.4) is 0 Å². The van der Waals surface area contributed by atoms with Gasteiger partial charge >= 0.3 is 0 Å². The zero-order valence-electron chi connectivity index (χ0n) is 17.3. The van der Waals surface area contributed by atoms with E-state index in [4.69, 9.17) is 0 Å². The average molecular weight is 475 g/mol. The van der Waals surface area contributed by atoms with E-state index in [1.807, 2.05) is 30.3 Å². The minimum Gasteiger partial charge on any atom is -0.369 e. The Balaban J connectivity index is 1.51. The lowest BCUT2D eigenvalue weighted by Crippen LogP contribution is -2.48. The van der Waals surface area contributed by atoms with Gasteiger partial charge in [-0.2, -0.15) is 4.31 Å². The van der Waals surface area contributed by atoms with Crippen molar-refractivity contribution in [2.75, 3.05) is 36.4 Å². The smallest absolute Gasteiger partial charge is 0.258 e. The van der Waals surface area contributed by atoms with Crippen molar-refractivity contribution in [3.63, 3.8) is 0 Å². The zero-order chi connectivity index (χ0) is 23.6. The second-order valence-electron chi connectivity index (χ2n) is 7.45. The molecule has 4 rings (SSSR count). The molecule has 1 saturated heterocycles. The third-order valence-electron chi connectivity index (χ3n) is 5.36. The number of hydrogen-bond acceptors (Lipinski definition) is 4. The Bertz CT molecular complexity index is 1280. The van der Waals surface area contributed by atoms with Crippen LogP contribution in [-0.2, 0) is 10.0 Å². The first-order chi connectivity index (χ1) is 15.8. The van der Waals surface area contributed by atoms with E-state index in [2.05, 4.69) is 10.2 Å². The van der Waals surface area contributed by atoms with Crippen LogP contribution in [0.4, 0.5) is 24.5 Å². The van der Waals surface area contributed by atoms with Crippen LogP contribution in [0.25, 0.3) is 0 Å². The highest BCUT2D eigenvalue weighted by molar-refractivity contribution is 7.89. The molecular formula is C23H20F3N3O3S. The van der Waals surface area contributed by atoms with Crippen LogP contribution in [0, 0.1) is 17.5 Å². The molecule has 0 aromatic heterocycles. The van der Waals surface area contributed by atoms with E-state index in [1.54, 1.807) is 0 Å². The topological polar surface area (TPSA) is 69.7 Å². The summed E-state index contributed by atoms with van der Waals surface area (Å²) in [6, 6.07) is 15.2. The number of hydrogen-bond donors (Lipinski definition) is 1. The highest BCUT2D eigenvalue weighted by atomic mass is 32.2. The molecule has 1 aliphatic rings. The van der Waals surface area contributed by atoms with Crippen molar-refractivity contribution >= 4 is 27.3 Å². The summed E-state index contributed by atoms with van der Waals surface area (Å²) in [6.45, 7) is 1.41. The Kier molecular flexibility index (Phi) is 6.39. The van der Waals surface area contributed by atoms with Gasteiger partial charge in [0, 0.05) is 43.6 Å². The van der Waals surface area contributed by atoms with Crippen LogP contribution in [0.1, 0.15) is 10.4 Å². The van der Waals surface area contributed by atoms with E-state index in [0.717, 1.165) is 42.1 Å². The summed E-state index contributed by atoms with van der Waals surface area (Å²) in [7, 11) is -3.98. The fourth-order valence-electron chi connectivity index (χ4n) is 3.59. The van der Waals surface area contributed by atoms with Crippen LogP contribution >= 0.6 is 0 Å². The van der Waals surface area contributed by atoms with Gasteiger partial charge in [0.15, 0.2) is 11.6 Å². The Morgan fingerprint density at radius 2 is 1.45 bits per heavy atom. The lowest BCUT2D eigenvalue weighted by Gasteiger charge is -2.35. The Labute approximate surface area is 189 Å². The van der Waals surface area contributed by atoms with Gasteiger partial charge in [-0.1, -0.05) is 18.2 Å². The van der Waals surface area contributed by atoms with Crippen molar-refractivity contribution in [3.8, 4) is 0 Å². The first kappa shape index (κ1) is 22.8. The molecule has 0 aliphatic carbocycles. The molecule has 1 heterocycles. The van der Waals surface area contributed by atoms with E-state index in [0.29, 0.717) is 13.1 Å². The predicted octanol–water partition coefficient (Wildman–Crippen LogP) is 3.87. The SMILES string of the molecule is O=C(Nc1ccc(F)c(F)c1)c1cc(S(=O)(=O)N2CCN(c3ccccc3)CC2)ccc1F. The number of piperazine rings is 1. The summed E-state index contributed by atoms with van der Waals surface area (Å²) in [6.07, 6.45) is 0. The van der Waals surface area contributed by atoms with Crippen molar-refractivity contribution in [3.05, 3.63) is 89.7 Å². The number of carbonyl (C=O) groups is 1. The molecule has 1 aliphatic heterocycles. The minimum atomic E-state index is -3.98. The Morgan fingerprint density at radius 3 is 2.12 bits per heavy atom. The number of para-hydroxylation sites is 1. The summed E-state index contributed by atoms with van der Waals surface area (Å²) < 4.78 is 68.3. The molecule has 33 heavy (non-hydrogen) atoms. The van der Waals surface area contributed by atoms with Crippen molar-refractivity contribution in [1.82, 2.24) is 4.31 Å². The average Bonchev–Trinajstić information content (AvgIpc) is 2.82. The van der Waals surface area contributed by atoms with Crippen LogP contribution in [-0.4, -0.2) is 44.8 Å². The summed E-state index contributed by atoms with van der Waals surface area (Å²) in [5.74, 6) is -4.20. The van der Waals surface area contributed by atoms with Gasteiger partial charge in [0.25, 0.3) is 5.91 Å². The maximum Gasteiger partial charge on any atom is 0.258 e.